The van der Waals surface area contributed by atoms with E-state index in [0.717, 1.165) is 6.07 Å². The third-order valence-corrected chi connectivity index (χ3v) is 5.39. The van der Waals surface area contributed by atoms with Gasteiger partial charge in [-0.3, -0.25) is 9.59 Å². The normalized spacial score (nSPS) is 11.1. The Morgan fingerprint density at radius 2 is 1.62 bits per heavy atom. The predicted molar refractivity (Wildman–Crippen MR) is 115 cm³/mol. The lowest BCUT2D eigenvalue weighted by Gasteiger charge is -2.11. The number of hydrogen-bond donors (Lipinski definition) is 1. The molecule has 0 aliphatic rings. The summed E-state index contributed by atoms with van der Waals surface area (Å²) >= 11 is 0. The average Bonchev–Trinajstić information content (AvgIpc) is 3.16. The molecule has 0 aliphatic carbocycles. The molecule has 3 aromatic carbocycles. The molecular formula is C25H18F3NO3. The van der Waals surface area contributed by atoms with E-state index in [-0.39, 0.29) is 50.3 Å². The third kappa shape index (κ3) is 3.45. The first-order valence-corrected chi connectivity index (χ1v) is 9.77. The van der Waals surface area contributed by atoms with Crippen molar-refractivity contribution in [3.8, 4) is 22.5 Å². The zero-order valence-corrected chi connectivity index (χ0v) is 17.5. The molecule has 0 saturated carbocycles. The molecule has 0 spiro atoms. The maximum absolute atomic E-state index is 15.8. The Hall–Kier alpha value is -3.87. The summed E-state index contributed by atoms with van der Waals surface area (Å²) in [5.74, 6) is -2.78. The van der Waals surface area contributed by atoms with Gasteiger partial charge in [-0.25, -0.2) is 13.2 Å². The minimum absolute atomic E-state index is 0.0219. The molecule has 1 N–H and O–H groups in total. The maximum atomic E-state index is 15.8. The van der Waals surface area contributed by atoms with E-state index in [1.54, 1.807) is 0 Å². The van der Waals surface area contributed by atoms with Gasteiger partial charge in [-0.1, -0.05) is 0 Å². The van der Waals surface area contributed by atoms with Crippen molar-refractivity contribution < 1.29 is 27.2 Å². The summed E-state index contributed by atoms with van der Waals surface area (Å²) in [5.41, 5.74) is 0.920. The van der Waals surface area contributed by atoms with Crippen LogP contribution in [-0.4, -0.2) is 18.7 Å². The van der Waals surface area contributed by atoms with Crippen molar-refractivity contribution in [2.24, 2.45) is 0 Å². The molecule has 7 heteroatoms. The number of halogens is 3. The van der Waals surface area contributed by atoms with Crippen LogP contribution in [0.2, 0.25) is 0 Å². The molecule has 0 bridgehead atoms. The van der Waals surface area contributed by atoms with Crippen LogP contribution in [0.5, 0.6) is 0 Å². The van der Waals surface area contributed by atoms with Crippen molar-refractivity contribution >= 4 is 22.7 Å². The van der Waals surface area contributed by atoms with Crippen LogP contribution < -0.4 is 5.32 Å². The highest BCUT2D eigenvalue weighted by atomic mass is 19.1. The van der Waals surface area contributed by atoms with Crippen LogP contribution in [0.4, 0.5) is 13.2 Å². The number of ketones is 1. The van der Waals surface area contributed by atoms with Crippen LogP contribution in [-0.2, 0) is 0 Å². The Labute approximate surface area is 181 Å². The molecule has 0 aliphatic heterocycles. The number of nitrogens with one attached hydrogen (secondary N) is 1. The van der Waals surface area contributed by atoms with Crippen molar-refractivity contribution in [2.75, 3.05) is 7.05 Å². The van der Waals surface area contributed by atoms with Gasteiger partial charge in [0.25, 0.3) is 5.91 Å². The van der Waals surface area contributed by atoms with Crippen LogP contribution in [0, 0.1) is 24.4 Å². The topological polar surface area (TPSA) is 59.3 Å². The number of benzene rings is 3. The Kier molecular flexibility index (Phi) is 5.34. The molecule has 1 aromatic heterocycles. The predicted octanol–water partition coefficient (Wildman–Crippen LogP) is 6.05. The van der Waals surface area contributed by atoms with Gasteiger partial charge < -0.3 is 9.73 Å². The van der Waals surface area contributed by atoms with Gasteiger partial charge in [-0.15, -0.1) is 0 Å². The lowest BCUT2D eigenvalue weighted by molar-refractivity contribution is 0.0963. The molecule has 0 radical (unpaired) electrons. The largest absolute Gasteiger partial charge is 0.455 e. The highest BCUT2D eigenvalue weighted by molar-refractivity contribution is 6.12. The minimum Gasteiger partial charge on any atom is -0.455 e. The fourth-order valence-corrected chi connectivity index (χ4v) is 3.67. The third-order valence-electron chi connectivity index (χ3n) is 5.39. The van der Waals surface area contributed by atoms with E-state index < -0.39 is 23.4 Å². The van der Waals surface area contributed by atoms with E-state index in [0.29, 0.717) is 5.56 Å². The van der Waals surface area contributed by atoms with E-state index >= 15 is 4.39 Å². The number of rotatable bonds is 4. The van der Waals surface area contributed by atoms with E-state index in [4.69, 9.17) is 4.42 Å². The zero-order chi connectivity index (χ0) is 23.2. The zero-order valence-electron chi connectivity index (χ0n) is 17.5. The second-order valence-corrected chi connectivity index (χ2v) is 7.38. The SMILES string of the molecule is CNC(=O)c1c(-c2ccc(F)cc2)oc2ccc(-c3cc(C(C)=O)cc(F)c3C)c(F)c12. The maximum Gasteiger partial charge on any atom is 0.255 e. The first kappa shape index (κ1) is 21.4. The molecule has 1 amide bonds. The smallest absolute Gasteiger partial charge is 0.255 e. The van der Waals surface area contributed by atoms with Gasteiger partial charge in [-0.2, -0.15) is 0 Å². The second kappa shape index (κ2) is 8.00. The summed E-state index contributed by atoms with van der Waals surface area (Å²) in [5, 5.41) is 2.38. The number of carbonyl (C=O) groups excluding carboxylic acids is 2. The van der Waals surface area contributed by atoms with Crippen LogP contribution in [0.1, 0.15) is 33.2 Å². The Balaban J connectivity index is 2.04. The molecule has 0 atom stereocenters. The Morgan fingerprint density at radius 3 is 2.25 bits per heavy atom. The van der Waals surface area contributed by atoms with E-state index in [1.165, 1.54) is 63.4 Å². The molecule has 0 fully saturated rings. The quantitative estimate of drug-likeness (QED) is 0.395. The van der Waals surface area contributed by atoms with Crippen molar-refractivity contribution in [3.63, 3.8) is 0 Å². The fraction of sp³-hybridized carbons (Fsp3) is 0.120. The highest BCUT2D eigenvalue weighted by Crippen LogP contribution is 2.39. The molecule has 32 heavy (non-hydrogen) atoms. The number of carbonyl (C=O) groups is 2. The number of furan rings is 1. The van der Waals surface area contributed by atoms with Gasteiger partial charge >= 0.3 is 0 Å². The number of amides is 1. The molecule has 162 valence electrons. The van der Waals surface area contributed by atoms with Crippen LogP contribution >= 0.6 is 0 Å². The molecule has 0 saturated heterocycles. The second-order valence-electron chi connectivity index (χ2n) is 7.38. The lowest BCUT2D eigenvalue weighted by atomic mass is 9.94. The Bertz CT molecular complexity index is 1390. The fourth-order valence-electron chi connectivity index (χ4n) is 3.67. The van der Waals surface area contributed by atoms with Gasteiger partial charge in [0, 0.05) is 23.7 Å². The standard InChI is InChI=1S/C25H18F3NO3/c1-12-18(10-15(13(2)30)11-19(12)27)17-8-9-20-21(23(17)28)22(25(31)29-3)24(32-20)14-4-6-16(26)7-5-14/h4-11H,1-3H3,(H,29,31). The summed E-state index contributed by atoms with van der Waals surface area (Å²) in [4.78, 5) is 24.5. The lowest BCUT2D eigenvalue weighted by Crippen LogP contribution is -2.18. The van der Waals surface area contributed by atoms with Crippen molar-refractivity contribution in [1.82, 2.24) is 5.32 Å². The van der Waals surface area contributed by atoms with Crippen LogP contribution in [0.15, 0.2) is 52.9 Å². The average molecular weight is 437 g/mol. The van der Waals surface area contributed by atoms with E-state index in [9.17, 15) is 18.4 Å². The van der Waals surface area contributed by atoms with Gasteiger partial charge in [0.1, 0.15) is 28.8 Å². The highest BCUT2D eigenvalue weighted by Gasteiger charge is 2.26. The number of fused-ring (bicyclic) bond motifs is 1. The van der Waals surface area contributed by atoms with E-state index in [1.807, 2.05) is 0 Å². The first-order chi connectivity index (χ1) is 15.2. The summed E-state index contributed by atoms with van der Waals surface area (Å²) in [6.07, 6.45) is 0. The monoisotopic (exact) mass is 437 g/mol. The number of hydrogen-bond acceptors (Lipinski definition) is 3. The molecule has 4 aromatic rings. The van der Waals surface area contributed by atoms with Crippen molar-refractivity contribution in [2.45, 2.75) is 13.8 Å². The van der Waals surface area contributed by atoms with Crippen molar-refractivity contribution in [1.29, 1.82) is 0 Å². The summed E-state index contributed by atoms with van der Waals surface area (Å²) < 4.78 is 49.5. The Morgan fingerprint density at radius 1 is 0.938 bits per heavy atom. The first-order valence-electron chi connectivity index (χ1n) is 9.77. The molecule has 1 heterocycles. The van der Waals surface area contributed by atoms with Gasteiger partial charge in [0.15, 0.2) is 5.78 Å². The molecule has 4 nitrogen and oxygen atoms in total. The van der Waals surface area contributed by atoms with Crippen molar-refractivity contribution in [3.05, 3.63) is 82.7 Å². The van der Waals surface area contributed by atoms with E-state index in [2.05, 4.69) is 5.32 Å². The minimum atomic E-state index is -0.790. The summed E-state index contributed by atoms with van der Waals surface area (Å²) in [6, 6.07) is 10.7. The van der Waals surface area contributed by atoms with Crippen LogP contribution in [0.3, 0.4) is 0 Å². The van der Waals surface area contributed by atoms with Crippen LogP contribution in [0.25, 0.3) is 33.4 Å². The van der Waals surface area contributed by atoms with Gasteiger partial charge in [0.2, 0.25) is 0 Å². The molecule has 0 unspecified atom stereocenters. The number of Topliss-reactive ketones (excluding diaryl/α,β-unsaturated/α-hetero) is 1. The van der Waals surface area contributed by atoms with Gasteiger partial charge in [-0.05, 0) is 73.5 Å². The summed E-state index contributed by atoms with van der Waals surface area (Å²) in [6.45, 7) is 2.78. The molecule has 4 rings (SSSR count). The van der Waals surface area contributed by atoms with Gasteiger partial charge in [0.05, 0.1) is 10.9 Å². The molecular weight excluding hydrogens is 419 g/mol. The summed E-state index contributed by atoms with van der Waals surface area (Å²) in [7, 11) is 1.40.